The molecule has 2 N–H and O–H groups in total. The van der Waals surface area contributed by atoms with Crippen molar-refractivity contribution in [2.75, 3.05) is 30.8 Å². The minimum Gasteiger partial charge on any atom is -0.497 e. The largest absolute Gasteiger partial charge is 0.497 e. The van der Waals surface area contributed by atoms with Crippen molar-refractivity contribution in [3.8, 4) is 22.6 Å². The number of hydrogen-bond acceptors (Lipinski definition) is 4. The van der Waals surface area contributed by atoms with E-state index >= 15 is 0 Å². The van der Waals surface area contributed by atoms with Crippen LogP contribution in [0.1, 0.15) is 24.6 Å². The van der Waals surface area contributed by atoms with Crippen molar-refractivity contribution in [2.45, 2.75) is 27.2 Å². The lowest BCUT2D eigenvalue weighted by atomic mass is 10.1. The Bertz CT molecular complexity index is 1450. The summed E-state index contributed by atoms with van der Waals surface area (Å²) in [6, 6.07) is 22.1. The van der Waals surface area contributed by atoms with Gasteiger partial charge in [0.2, 0.25) is 5.91 Å². The van der Waals surface area contributed by atoms with Gasteiger partial charge in [0.25, 0.3) is 0 Å². The van der Waals surface area contributed by atoms with Crippen molar-refractivity contribution in [1.29, 1.82) is 0 Å². The fourth-order valence-corrected chi connectivity index (χ4v) is 4.42. The smallest absolute Gasteiger partial charge is 0.322 e. The van der Waals surface area contributed by atoms with E-state index in [0.717, 1.165) is 28.1 Å². The maximum Gasteiger partial charge on any atom is 0.322 e. The highest BCUT2D eigenvalue weighted by atomic mass is 35.5. The quantitative estimate of drug-likeness (QED) is 0.245. The van der Waals surface area contributed by atoms with E-state index < -0.39 is 0 Å². The summed E-state index contributed by atoms with van der Waals surface area (Å²) in [5.41, 5.74) is 4.72. The number of methoxy groups -OCH3 is 1. The molecule has 0 radical (unpaired) electrons. The first-order chi connectivity index (χ1) is 18.8. The number of amides is 3. The molecule has 0 saturated carbocycles. The number of aryl methyl sites for hydroxylation is 2. The Balaban J connectivity index is 1.62. The van der Waals surface area contributed by atoms with Crippen molar-refractivity contribution in [3.05, 3.63) is 89.1 Å². The van der Waals surface area contributed by atoms with E-state index in [1.807, 2.05) is 81.4 Å². The second kappa shape index (κ2) is 12.5. The van der Waals surface area contributed by atoms with Crippen molar-refractivity contribution in [2.24, 2.45) is 0 Å². The lowest BCUT2D eigenvalue weighted by Gasteiger charge is -2.22. The molecular weight excluding hydrogens is 514 g/mol. The summed E-state index contributed by atoms with van der Waals surface area (Å²) in [5, 5.41) is 11.2. The summed E-state index contributed by atoms with van der Waals surface area (Å²) in [5.74, 6) is 0.899. The predicted molar refractivity (Wildman–Crippen MR) is 156 cm³/mol. The number of benzene rings is 3. The van der Waals surface area contributed by atoms with Gasteiger partial charge in [0, 0.05) is 22.8 Å². The first-order valence-corrected chi connectivity index (χ1v) is 13.1. The molecule has 0 aliphatic rings. The molecule has 0 unspecified atom stereocenters. The highest BCUT2D eigenvalue weighted by Crippen LogP contribution is 2.33. The summed E-state index contributed by atoms with van der Waals surface area (Å²) in [7, 11) is 1.61. The van der Waals surface area contributed by atoms with E-state index in [9.17, 15) is 9.59 Å². The van der Waals surface area contributed by atoms with Crippen LogP contribution >= 0.6 is 11.6 Å². The van der Waals surface area contributed by atoms with Gasteiger partial charge in [0.1, 0.15) is 18.1 Å². The first-order valence-electron chi connectivity index (χ1n) is 12.7. The molecule has 4 rings (SSSR count). The number of anilines is 2. The number of rotatable bonds is 9. The molecule has 0 atom stereocenters. The molecule has 4 aromatic rings. The van der Waals surface area contributed by atoms with Crippen LogP contribution in [0.5, 0.6) is 5.75 Å². The number of urea groups is 1. The number of aromatic nitrogens is 2. The molecule has 0 spiro atoms. The van der Waals surface area contributed by atoms with Crippen molar-refractivity contribution in [1.82, 2.24) is 14.7 Å². The van der Waals surface area contributed by atoms with Gasteiger partial charge in [0.05, 0.1) is 18.5 Å². The molecule has 3 amide bonds. The van der Waals surface area contributed by atoms with E-state index in [1.165, 1.54) is 4.90 Å². The highest BCUT2D eigenvalue weighted by Gasteiger charge is 2.23. The van der Waals surface area contributed by atoms with Crippen LogP contribution in [-0.2, 0) is 4.79 Å². The molecule has 0 aliphatic heterocycles. The van der Waals surface area contributed by atoms with Gasteiger partial charge in [-0.25, -0.2) is 9.48 Å². The minimum absolute atomic E-state index is 0.139. The van der Waals surface area contributed by atoms with Crippen LogP contribution in [0.25, 0.3) is 16.8 Å². The fraction of sp³-hybridized carbons (Fsp3) is 0.233. The van der Waals surface area contributed by atoms with Gasteiger partial charge in [0.15, 0.2) is 0 Å². The fourth-order valence-electron chi connectivity index (χ4n) is 4.24. The van der Waals surface area contributed by atoms with Crippen LogP contribution in [0, 0.1) is 13.8 Å². The van der Waals surface area contributed by atoms with Gasteiger partial charge in [-0.15, -0.1) is 0 Å². The Hall–Kier alpha value is -4.30. The van der Waals surface area contributed by atoms with E-state index in [4.69, 9.17) is 21.4 Å². The van der Waals surface area contributed by atoms with Crippen LogP contribution < -0.4 is 15.4 Å². The zero-order valence-electron chi connectivity index (χ0n) is 22.5. The molecule has 0 bridgehead atoms. The molecule has 3 aromatic carbocycles. The summed E-state index contributed by atoms with van der Waals surface area (Å²) < 4.78 is 6.99. The van der Waals surface area contributed by atoms with E-state index in [-0.39, 0.29) is 18.5 Å². The molecule has 39 heavy (non-hydrogen) atoms. The van der Waals surface area contributed by atoms with Crippen LogP contribution in [0.4, 0.5) is 16.3 Å². The molecule has 0 aliphatic carbocycles. The Kier molecular flexibility index (Phi) is 8.88. The van der Waals surface area contributed by atoms with E-state index in [2.05, 4.69) is 10.6 Å². The summed E-state index contributed by atoms with van der Waals surface area (Å²) in [6.07, 6.45) is 0.688. The number of ether oxygens (including phenoxy) is 1. The van der Waals surface area contributed by atoms with Gasteiger partial charge in [-0.05, 0) is 67.8 Å². The monoisotopic (exact) mass is 545 g/mol. The third kappa shape index (κ3) is 6.59. The van der Waals surface area contributed by atoms with Crippen LogP contribution in [0.15, 0.2) is 72.8 Å². The third-order valence-corrected chi connectivity index (χ3v) is 6.64. The van der Waals surface area contributed by atoms with E-state index in [0.29, 0.717) is 35.2 Å². The summed E-state index contributed by atoms with van der Waals surface area (Å²) in [4.78, 5) is 28.0. The number of nitrogens with one attached hydrogen (secondary N) is 2. The number of halogens is 1. The maximum atomic E-state index is 13.4. The van der Waals surface area contributed by atoms with E-state index in [1.54, 1.807) is 23.9 Å². The van der Waals surface area contributed by atoms with Gasteiger partial charge >= 0.3 is 6.03 Å². The molecule has 1 aromatic heterocycles. The topological polar surface area (TPSA) is 88.5 Å². The third-order valence-electron chi connectivity index (χ3n) is 6.24. The standard InChI is InChI=1S/C30H32ClN5O3/c1-5-17-35(30(38)32-23-12-11-20(2)26(31)18-23)19-27(37)33-29-28(22-9-7-6-8-10-22)21(3)34-36(29)24-13-15-25(39-4)16-14-24/h6-16,18H,5,17,19H2,1-4H3,(H,32,38)(H,33,37). The average Bonchev–Trinajstić information content (AvgIpc) is 3.26. The maximum absolute atomic E-state index is 13.4. The number of carbonyl (C=O) groups is 2. The van der Waals surface area contributed by atoms with Gasteiger partial charge < -0.3 is 20.3 Å². The molecule has 202 valence electrons. The number of nitrogens with zero attached hydrogens (tertiary/aromatic N) is 3. The van der Waals surface area contributed by atoms with Crippen molar-refractivity contribution in [3.63, 3.8) is 0 Å². The lowest BCUT2D eigenvalue weighted by Crippen LogP contribution is -2.41. The second-order valence-electron chi connectivity index (χ2n) is 9.15. The Labute approximate surface area is 233 Å². The predicted octanol–water partition coefficient (Wildman–Crippen LogP) is 6.70. The number of carbonyl (C=O) groups excluding carboxylic acids is 2. The van der Waals surface area contributed by atoms with Crippen LogP contribution in [0.3, 0.4) is 0 Å². The second-order valence-corrected chi connectivity index (χ2v) is 9.56. The molecule has 9 heteroatoms. The van der Waals surface area contributed by atoms with Gasteiger partial charge in [-0.3, -0.25) is 4.79 Å². The zero-order valence-corrected chi connectivity index (χ0v) is 23.2. The van der Waals surface area contributed by atoms with Crippen LogP contribution in [0.2, 0.25) is 5.02 Å². The first kappa shape index (κ1) is 27.7. The van der Waals surface area contributed by atoms with Crippen molar-refractivity contribution < 1.29 is 14.3 Å². The van der Waals surface area contributed by atoms with Gasteiger partial charge in [-0.2, -0.15) is 5.10 Å². The Morgan fingerprint density at radius 1 is 1.00 bits per heavy atom. The van der Waals surface area contributed by atoms with Crippen LogP contribution in [-0.4, -0.2) is 46.8 Å². The number of hydrogen-bond donors (Lipinski definition) is 2. The summed E-state index contributed by atoms with van der Waals surface area (Å²) >= 11 is 6.22. The summed E-state index contributed by atoms with van der Waals surface area (Å²) in [6.45, 7) is 6.02. The van der Waals surface area contributed by atoms with Crippen molar-refractivity contribution >= 4 is 35.0 Å². The zero-order chi connectivity index (χ0) is 27.9. The normalized spacial score (nSPS) is 10.7. The lowest BCUT2D eigenvalue weighted by molar-refractivity contribution is -0.116. The molecule has 0 fully saturated rings. The molecule has 0 saturated heterocycles. The average molecular weight is 546 g/mol. The Morgan fingerprint density at radius 2 is 1.72 bits per heavy atom. The minimum atomic E-state index is -0.380. The molecule has 1 heterocycles. The Morgan fingerprint density at radius 3 is 2.36 bits per heavy atom. The highest BCUT2D eigenvalue weighted by molar-refractivity contribution is 6.31. The molecule has 8 nitrogen and oxygen atoms in total. The molecular formula is C30H32ClN5O3. The SMILES string of the molecule is CCCN(CC(=O)Nc1c(-c2ccccc2)c(C)nn1-c1ccc(OC)cc1)C(=O)Nc1ccc(C)c(Cl)c1. The van der Waals surface area contributed by atoms with Gasteiger partial charge in [-0.1, -0.05) is 54.9 Å².